The van der Waals surface area contributed by atoms with Gasteiger partial charge in [0.15, 0.2) is 0 Å². The normalized spacial score (nSPS) is 10.1. The molecule has 0 aliphatic heterocycles. The third-order valence-corrected chi connectivity index (χ3v) is 3.13. The molecular formula is C12H11NO2S. The van der Waals surface area contributed by atoms with Gasteiger partial charge in [0.1, 0.15) is 4.88 Å². The lowest BCUT2D eigenvalue weighted by molar-refractivity contribution is 0.0607. The highest BCUT2D eigenvalue weighted by molar-refractivity contribution is 7.12. The Morgan fingerprint density at radius 3 is 2.88 bits per heavy atom. The van der Waals surface area contributed by atoms with Crippen molar-refractivity contribution < 1.29 is 9.53 Å². The Morgan fingerprint density at radius 1 is 1.38 bits per heavy atom. The van der Waals surface area contributed by atoms with Crippen LogP contribution < -0.4 is 5.73 Å². The van der Waals surface area contributed by atoms with Crippen LogP contribution >= 0.6 is 11.3 Å². The molecule has 0 saturated carbocycles. The topological polar surface area (TPSA) is 52.3 Å². The lowest BCUT2D eigenvalue weighted by Crippen LogP contribution is -1.99. The van der Waals surface area contributed by atoms with Crippen LogP contribution in [0.2, 0.25) is 0 Å². The first-order chi connectivity index (χ1) is 7.72. The Labute approximate surface area is 97.5 Å². The summed E-state index contributed by atoms with van der Waals surface area (Å²) >= 11 is 1.37. The van der Waals surface area contributed by atoms with Crippen LogP contribution in [0.3, 0.4) is 0 Å². The van der Waals surface area contributed by atoms with Crippen molar-refractivity contribution in [3.05, 3.63) is 40.6 Å². The molecule has 4 heteroatoms. The van der Waals surface area contributed by atoms with Gasteiger partial charge in [-0.3, -0.25) is 0 Å². The molecule has 0 spiro atoms. The standard InChI is InChI=1S/C12H11NO2S/c1-15-12(14)11-10(5-6-16-11)8-3-2-4-9(13)7-8/h2-7H,13H2,1H3. The summed E-state index contributed by atoms with van der Waals surface area (Å²) in [6, 6.07) is 9.34. The molecule has 0 unspecified atom stereocenters. The highest BCUT2D eigenvalue weighted by atomic mass is 32.1. The van der Waals surface area contributed by atoms with Gasteiger partial charge in [-0.15, -0.1) is 11.3 Å². The summed E-state index contributed by atoms with van der Waals surface area (Å²) in [6.07, 6.45) is 0. The summed E-state index contributed by atoms with van der Waals surface area (Å²) in [7, 11) is 1.38. The monoisotopic (exact) mass is 233 g/mol. The molecule has 16 heavy (non-hydrogen) atoms. The fourth-order valence-electron chi connectivity index (χ4n) is 1.49. The van der Waals surface area contributed by atoms with Crippen molar-refractivity contribution in [2.75, 3.05) is 12.8 Å². The van der Waals surface area contributed by atoms with E-state index in [4.69, 9.17) is 10.5 Å². The maximum atomic E-state index is 11.5. The van der Waals surface area contributed by atoms with Gasteiger partial charge in [0.05, 0.1) is 7.11 Å². The zero-order chi connectivity index (χ0) is 11.5. The van der Waals surface area contributed by atoms with Crippen molar-refractivity contribution in [3.63, 3.8) is 0 Å². The lowest BCUT2D eigenvalue weighted by atomic mass is 10.1. The summed E-state index contributed by atoms with van der Waals surface area (Å²) in [5.74, 6) is -0.313. The van der Waals surface area contributed by atoms with Crippen LogP contribution in [-0.2, 0) is 4.74 Å². The molecule has 1 aromatic carbocycles. The van der Waals surface area contributed by atoms with E-state index in [-0.39, 0.29) is 5.97 Å². The molecule has 0 atom stereocenters. The molecule has 0 aliphatic carbocycles. The van der Waals surface area contributed by atoms with Crippen LogP contribution in [0.4, 0.5) is 5.69 Å². The summed E-state index contributed by atoms with van der Waals surface area (Å²) in [6.45, 7) is 0. The minimum absolute atomic E-state index is 0.313. The molecule has 1 heterocycles. The molecule has 0 radical (unpaired) electrons. The van der Waals surface area contributed by atoms with Crippen LogP contribution in [-0.4, -0.2) is 13.1 Å². The van der Waals surface area contributed by atoms with E-state index < -0.39 is 0 Å². The minimum atomic E-state index is -0.313. The molecule has 3 nitrogen and oxygen atoms in total. The molecule has 1 aromatic heterocycles. The largest absolute Gasteiger partial charge is 0.465 e. The van der Waals surface area contributed by atoms with E-state index >= 15 is 0 Å². The zero-order valence-electron chi connectivity index (χ0n) is 8.77. The third-order valence-electron chi connectivity index (χ3n) is 2.23. The number of benzene rings is 1. The first-order valence-corrected chi connectivity index (χ1v) is 5.62. The second-order valence-corrected chi connectivity index (χ2v) is 4.20. The van der Waals surface area contributed by atoms with Crippen molar-refractivity contribution in [3.8, 4) is 11.1 Å². The maximum absolute atomic E-state index is 11.5. The van der Waals surface area contributed by atoms with Crippen molar-refractivity contribution in [2.45, 2.75) is 0 Å². The van der Waals surface area contributed by atoms with E-state index in [0.29, 0.717) is 10.6 Å². The number of esters is 1. The number of methoxy groups -OCH3 is 1. The van der Waals surface area contributed by atoms with Gasteiger partial charge in [-0.1, -0.05) is 12.1 Å². The zero-order valence-corrected chi connectivity index (χ0v) is 9.58. The number of hydrogen-bond acceptors (Lipinski definition) is 4. The quantitative estimate of drug-likeness (QED) is 0.641. The second kappa shape index (κ2) is 4.37. The number of nitrogen functional groups attached to an aromatic ring is 1. The molecule has 0 amide bonds. The van der Waals surface area contributed by atoms with Gasteiger partial charge in [0.2, 0.25) is 0 Å². The predicted octanol–water partition coefficient (Wildman–Crippen LogP) is 2.78. The van der Waals surface area contributed by atoms with E-state index in [2.05, 4.69) is 0 Å². The van der Waals surface area contributed by atoms with Crippen LogP contribution in [0.5, 0.6) is 0 Å². The molecular weight excluding hydrogens is 222 g/mol. The van der Waals surface area contributed by atoms with Gasteiger partial charge in [0, 0.05) is 11.3 Å². The fraction of sp³-hybridized carbons (Fsp3) is 0.0833. The lowest BCUT2D eigenvalue weighted by Gasteiger charge is -2.03. The van der Waals surface area contributed by atoms with Crippen LogP contribution in [0.15, 0.2) is 35.7 Å². The van der Waals surface area contributed by atoms with Gasteiger partial charge in [-0.25, -0.2) is 4.79 Å². The Balaban J connectivity index is 2.48. The van der Waals surface area contributed by atoms with E-state index in [1.807, 2.05) is 35.7 Å². The van der Waals surface area contributed by atoms with E-state index in [9.17, 15) is 4.79 Å². The highest BCUT2D eigenvalue weighted by Gasteiger charge is 2.14. The molecule has 0 saturated heterocycles. The smallest absolute Gasteiger partial charge is 0.348 e. The maximum Gasteiger partial charge on any atom is 0.348 e. The molecule has 2 rings (SSSR count). The molecule has 82 valence electrons. The van der Waals surface area contributed by atoms with Gasteiger partial charge in [-0.05, 0) is 29.1 Å². The number of ether oxygens (including phenoxy) is 1. The van der Waals surface area contributed by atoms with Crippen molar-refractivity contribution in [2.24, 2.45) is 0 Å². The third kappa shape index (κ3) is 1.92. The van der Waals surface area contributed by atoms with Gasteiger partial charge in [-0.2, -0.15) is 0 Å². The molecule has 0 fully saturated rings. The van der Waals surface area contributed by atoms with Crippen LogP contribution in [0.25, 0.3) is 11.1 Å². The number of carbonyl (C=O) groups excluding carboxylic acids is 1. The second-order valence-electron chi connectivity index (χ2n) is 3.28. The van der Waals surface area contributed by atoms with Crippen molar-refractivity contribution in [1.29, 1.82) is 0 Å². The molecule has 0 bridgehead atoms. The average molecular weight is 233 g/mol. The highest BCUT2D eigenvalue weighted by Crippen LogP contribution is 2.29. The Hall–Kier alpha value is -1.81. The SMILES string of the molecule is COC(=O)c1sccc1-c1cccc(N)c1. The number of carbonyl (C=O) groups is 1. The van der Waals surface area contributed by atoms with Gasteiger partial charge >= 0.3 is 5.97 Å². The summed E-state index contributed by atoms with van der Waals surface area (Å²) in [5, 5.41) is 1.87. The predicted molar refractivity (Wildman–Crippen MR) is 65.5 cm³/mol. The Bertz CT molecular complexity index is 519. The van der Waals surface area contributed by atoms with E-state index in [0.717, 1.165) is 11.1 Å². The van der Waals surface area contributed by atoms with Gasteiger partial charge in [0.25, 0.3) is 0 Å². The Morgan fingerprint density at radius 2 is 2.19 bits per heavy atom. The average Bonchev–Trinajstić information content (AvgIpc) is 2.77. The number of rotatable bonds is 2. The molecule has 2 aromatic rings. The van der Waals surface area contributed by atoms with E-state index in [1.54, 1.807) is 0 Å². The first-order valence-electron chi connectivity index (χ1n) is 4.74. The summed E-state index contributed by atoms with van der Waals surface area (Å²) < 4.78 is 4.73. The van der Waals surface area contributed by atoms with Crippen molar-refractivity contribution in [1.82, 2.24) is 0 Å². The number of hydrogen-bond donors (Lipinski definition) is 1. The number of nitrogens with two attached hydrogens (primary N) is 1. The first kappa shape index (κ1) is 10.7. The molecule has 2 N–H and O–H groups in total. The Kier molecular flexibility index (Phi) is 2.92. The number of anilines is 1. The minimum Gasteiger partial charge on any atom is -0.465 e. The van der Waals surface area contributed by atoms with Gasteiger partial charge < -0.3 is 10.5 Å². The fourth-order valence-corrected chi connectivity index (χ4v) is 2.33. The molecule has 0 aliphatic rings. The van der Waals surface area contributed by atoms with Crippen molar-refractivity contribution >= 4 is 23.0 Å². The number of thiophene rings is 1. The summed E-state index contributed by atoms with van der Waals surface area (Å²) in [4.78, 5) is 12.1. The van der Waals surface area contributed by atoms with E-state index in [1.165, 1.54) is 18.4 Å². The van der Waals surface area contributed by atoms with Crippen LogP contribution in [0.1, 0.15) is 9.67 Å². The summed E-state index contributed by atoms with van der Waals surface area (Å²) in [5.41, 5.74) is 8.19. The van der Waals surface area contributed by atoms with Crippen LogP contribution in [0, 0.1) is 0 Å².